The molecule has 142 valence electrons. The summed E-state index contributed by atoms with van der Waals surface area (Å²) in [6, 6.07) is 20.7. The number of rotatable bonds is 8. The molecule has 0 bridgehead atoms. The number of aryl methyl sites for hydroxylation is 1. The molecule has 0 aliphatic carbocycles. The molecule has 0 atom stereocenters. The molecular weight excluding hydrogens is 350 g/mol. The molecule has 1 heterocycles. The van der Waals surface area contributed by atoms with Gasteiger partial charge in [-0.2, -0.15) is 0 Å². The van der Waals surface area contributed by atoms with E-state index in [1.807, 2.05) is 18.2 Å². The first kappa shape index (κ1) is 19.3. The van der Waals surface area contributed by atoms with E-state index in [4.69, 9.17) is 0 Å². The zero-order valence-electron chi connectivity index (χ0n) is 15.8. The minimum atomic E-state index is -0.237. The summed E-state index contributed by atoms with van der Waals surface area (Å²) in [4.78, 5) is 27.9. The molecule has 3 aromatic rings. The zero-order valence-corrected chi connectivity index (χ0v) is 15.8. The number of anilines is 2. The normalized spacial score (nSPS) is 10.3. The first-order valence-corrected chi connectivity index (χ1v) is 9.28. The van der Waals surface area contributed by atoms with Crippen LogP contribution in [-0.2, 0) is 6.42 Å². The van der Waals surface area contributed by atoms with Crippen molar-refractivity contribution in [3.8, 4) is 0 Å². The Morgan fingerprint density at radius 1 is 0.893 bits per heavy atom. The van der Waals surface area contributed by atoms with E-state index in [9.17, 15) is 9.59 Å². The Kier molecular flexibility index (Phi) is 6.52. The van der Waals surface area contributed by atoms with Gasteiger partial charge in [-0.3, -0.25) is 9.59 Å². The van der Waals surface area contributed by atoms with Crippen molar-refractivity contribution >= 4 is 23.2 Å². The van der Waals surface area contributed by atoms with E-state index in [2.05, 4.69) is 27.8 Å². The smallest absolute Gasteiger partial charge is 0.257 e. The lowest BCUT2D eigenvalue weighted by Gasteiger charge is -2.08. The van der Waals surface area contributed by atoms with Crippen LogP contribution in [0.15, 0.2) is 72.9 Å². The SMILES string of the molecule is CC(=O)c1ccc(NC(=O)c2ccc(NCCCc3ccccc3)nc2)cc1. The van der Waals surface area contributed by atoms with Gasteiger partial charge in [0.05, 0.1) is 5.56 Å². The van der Waals surface area contributed by atoms with E-state index in [1.165, 1.54) is 12.5 Å². The maximum atomic E-state index is 12.3. The third-order valence-corrected chi connectivity index (χ3v) is 4.37. The molecule has 0 saturated carbocycles. The van der Waals surface area contributed by atoms with Crippen LogP contribution in [0.5, 0.6) is 0 Å². The quantitative estimate of drug-likeness (QED) is 0.448. The molecule has 5 nitrogen and oxygen atoms in total. The van der Waals surface area contributed by atoms with Crippen LogP contribution in [0.2, 0.25) is 0 Å². The Balaban J connectivity index is 1.47. The fourth-order valence-electron chi connectivity index (χ4n) is 2.78. The van der Waals surface area contributed by atoms with Crippen LogP contribution in [0.4, 0.5) is 11.5 Å². The lowest BCUT2D eigenvalue weighted by atomic mass is 10.1. The van der Waals surface area contributed by atoms with Gasteiger partial charge in [-0.15, -0.1) is 0 Å². The predicted octanol–water partition coefficient (Wildman–Crippen LogP) is 4.58. The van der Waals surface area contributed by atoms with E-state index in [0.29, 0.717) is 16.8 Å². The van der Waals surface area contributed by atoms with Gasteiger partial charge >= 0.3 is 0 Å². The molecule has 5 heteroatoms. The molecule has 1 aromatic heterocycles. The van der Waals surface area contributed by atoms with Crippen molar-refractivity contribution in [2.24, 2.45) is 0 Å². The van der Waals surface area contributed by atoms with Crippen molar-refractivity contribution in [3.05, 3.63) is 89.6 Å². The van der Waals surface area contributed by atoms with Crippen molar-refractivity contribution < 1.29 is 9.59 Å². The Morgan fingerprint density at radius 2 is 1.61 bits per heavy atom. The molecule has 0 radical (unpaired) electrons. The Hall–Kier alpha value is -3.47. The summed E-state index contributed by atoms with van der Waals surface area (Å²) in [6.07, 6.45) is 3.57. The second-order valence-corrected chi connectivity index (χ2v) is 6.54. The highest BCUT2D eigenvalue weighted by Crippen LogP contribution is 2.13. The number of carbonyl (C=O) groups excluding carboxylic acids is 2. The molecular formula is C23H23N3O2. The summed E-state index contributed by atoms with van der Waals surface area (Å²) in [6.45, 7) is 2.33. The fraction of sp³-hybridized carbons (Fsp3) is 0.174. The zero-order chi connectivity index (χ0) is 19.8. The number of Topliss-reactive ketones (excluding diaryl/α,β-unsaturated/α-hetero) is 1. The van der Waals surface area contributed by atoms with Crippen molar-refractivity contribution in [1.29, 1.82) is 0 Å². The second-order valence-electron chi connectivity index (χ2n) is 6.54. The van der Waals surface area contributed by atoms with Gasteiger partial charge in [-0.25, -0.2) is 4.98 Å². The van der Waals surface area contributed by atoms with Crippen LogP contribution in [0.3, 0.4) is 0 Å². The Bertz CT molecular complexity index is 920. The average molecular weight is 373 g/mol. The number of benzene rings is 2. The summed E-state index contributed by atoms with van der Waals surface area (Å²) >= 11 is 0. The van der Waals surface area contributed by atoms with Crippen LogP contribution < -0.4 is 10.6 Å². The van der Waals surface area contributed by atoms with E-state index in [0.717, 1.165) is 25.2 Å². The van der Waals surface area contributed by atoms with Crippen LogP contribution in [0.25, 0.3) is 0 Å². The lowest BCUT2D eigenvalue weighted by Crippen LogP contribution is -2.13. The van der Waals surface area contributed by atoms with E-state index in [-0.39, 0.29) is 11.7 Å². The molecule has 2 aromatic carbocycles. The van der Waals surface area contributed by atoms with Gasteiger partial charge in [0.1, 0.15) is 5.82 Å². The molecule has 0 aliphatic rings. The number of nitrogens with zero attached hydrogens (tertiary/aromatic N) is 1. The second kappa shape index (κ2) is 9.46. The van der Waals surface area contributed by atoms with Gasteiger partial charge < -0.3 is 10.6 Å². The first-order chi connectivity index (χ1) is 13.6. The van der Waals surface area contributed by atoms with Crippen molar-refractivity contribution in [2.75, 3.05) is 17.2 Å². The molecule has 0 fully saturated rings. The van der Waals surface area contributed by atoms with Gasteiger partial charge in [0.2, 0.25) is 0 Å². The van der Waals surface area contributed by atoms with Gasteiger partial charge in [-0.1, -0.05) is 30.3 Å². The number of nitrogens with one attached hydrogen (secondary N) is 2. The molecule has 0 unspecified atom stereocenters. The number of amides is 1. The fourth-order valence-corrected chi connectivity index (χ4v) is 2.78. The highest BCUT2D eigenvalue weighted by Gasteiger charge is 2.07. The molecule has 3 rings (SSSR count). The van der Waals surface area contributed by atoms with Gasteiger partial charge in [0, 0.05) is 24.0 Å². The third-order valence-electron chi connectivity index (χ3n) is 4.37. The standard InChI is InChI=1S/C23H23N3O2/c1-17(27)19-9-12-21(13-10-19)26-23(28)20-11-14-22(25-16-20)24-15-5-8-18-6-3-2-4-7-18/h2-4,6-7,9-14,16H,5,8,15H2,1H3,(H,24,25)(H,26,28). The third kappa shape index (κ3) is 5.51. The summed E-state index contributed by atoms with van der Waals surface area (Å²) in [7, 11) is 0. The number of carbonyl (C=O) groups is 2. The van der Waals surface area contributed by atoms with Crippen LogP contribution in [0.1, 0.15) is 39.6 Å². The summed E-state index contributed by atoms with van der Waals surface area (Å²) in [5, 5.41) is 6.08. The number of pyridine rings is 1. The van der Waals surface area contributed by atoms with Crippen LogP contribution in [-0.4, -0.2) is 23.2 Å². The molecule has 1 amide bonds. The van der Waals surface area contributed by atoms with Gasteiger partial charge in [0.25, 0.3) is 5.91 Å². The first-order valence-electron chi connectivity index (χ1n) is 9.28. The van der Waals surface area contributed by atoms with Gasteiger partial charge in [0.15, 0.2) is 5.78 Å². The monoisotopic (exact) mass is 373 g/mol. The number of aromatic nitrogens is 1. The van der Waals surface area contributed by atoms with Crippen LogP contribution in [0, 0.1) is 0 Å². The summed E-state index contributed by atoms with van der Waals surface area (Å²) in [5.41, 5.74) is 3.05. The van der Waals surface area contributed by atoms with Crippen LogP contribution >= 0.6 is 0 Å². The van der Waals surface area contributed by atoms with E-state index < -0.39 is 0 Å². The highest BCUT2D eigenvalue weighted by atomic mass is 16.1. The number of hydrogen-bond acceptors (Lipinski definition) is 4. The molecule has 0 saturated heterocycles. The van der Waals surface area contributed by atoms with Crippen molar-refractivity contribution in [1.82, 2.24) is 4.98 Å². The minimum absolute atomic E-state index is 0.00562. The molecule has 28 heavy (non-hydrogen) atoms. The maximum absolute atomic E-state index is 12.3. The van der Waals surface area contributed by atoms with Crippen molar-refractivity contribution in [3.63, 3.8) is 0 Å². The largest absolute Gasteiger partial charge is 0.370 e. The lowest BCUT2D eigenvalue weighted by molar-refractivity contribution is 0.101. The summed E-state index contributed by atoms with van der Waals surface area (Å²) in [5.74, 6) is 0.503. The number of hydrogen-bond donors (Lipinski definition) is 2. The molecule has 2 N–H and O–H groups in total. The average Bonchev–Trinajstić information content (AvgIpc) is 2.73. The highest BCUT2D eigenvalue weighted by molar-refractivity contribution is 6.04. The van der Waals surface area contributed by atoms with E-state index >= 15 is 0 Å². The van der Waals surface area contributed by atoms with Crippen molar-refractivity contribution in [2.45, 2.75) is 19.8 Å². The minimum Gasteiger partial charge on any atom is -0.370 e. The summed E-state index contributed by atoms with van der Waals surface area (Å²) < 4.78 is 0. The number of ketones is 1. The van der Waals surface area contributed by atoms with E-state index in [1.54, 1.807) is 42.6 Å². The van der Waals surface area contributed by atoms with Gasteiger partial charge in [-0.05, 0) is 61.7 Å². The Morgan fingerprint density at radius 3 is 2.25 bits per heavy atom. The molecule has 0 aliphatic heterocycles. The predicted molar refractivity (Wildman–Crippen MR) is 112 cm³/mol. The topological polar surface area (TPSA) is 71.1 Å². The molecule has 0 spiro atoms. The maximum Gasteiger partial charge on any atom is 0.257 e. The Labute approximate surface area is 164 Å².